The normalized spacial score (nSPS) is 18.7. The number of hydrogen-bond acceptors (Lipinski definition) is 4. The number of methoxy groups -OCH3 is 2. The van der Waals surface area contributed by atoms with E-state index in [1.54, 1.807) is 14.2 Å². The quantitative estimate of drug-likeness (QED) is 0.538. The van der Waals surface area contributed by atoms with Crippen LogP contribution in [0.4, 0.5) is 18.9 Å². The van der Waals surface area contributed by atoms with E-state index in [1.165, 1.54) is 0 Å². The summed E-state index contributed by atoms with van der Waals surface area (Å²) >= 11 is 5.97. The van der Waals surface area contributed by atoms with Crippen LogP contribution >= 0.6 is 11.6 Å². The minimum absolute atomic E-state index is 0.00306. The summed E-state index contributed by atoms with van der Waals surface area (Å²) in [7, 11) is 3.17. The third-order valence-electron chi connectivity index (χ3n) is 5.70. The van der Waals surface area contributed by atoms with Gasteiger partial charge in [-0.15, -0.1) is 0 Å². The van der Waals surface area contributed by atoms with E-state index in [0.29, 0.717) is 17.4 Å². The van der Waals surface area contributed by atoms with Crippen molar-refractivity contribution in [2.75, 3.05) is 26.1 Å². The molecule has 1 aliphatic rings. The van der Waals surface area contributed by atoms with Crippen LogP contribution in [0.15, 0.2) is 36.4 Å². The summed E-state index contributed by atoms with van der Waals surface area (Å²) in [5.74, 6) is 1.16. The molecule has 3 rings (SSSR count). The van der Waals surface area contributed by atoms with Gasteiger partial charge in [0.15, 0.2) is 11.5 Å². The highest BCUT2D eigenvalue weighted by Gasteiger charge is 2.32. The second kappa shape index (κ2) is 10.3. The van der Waals surface area contributed by atoms with Crippen LogP contribution in [0.25, 0.3) is 0 Å². The minimum Gasteiger partial charge on any atom is -0.493 e. The van der Waals surface area contributed by atoms with E-state index in [-0.39, 0.29) is 16.6 Å². The lowest BCUT2D eigenvalue weighted by Gasteiger charge is -2.29. The molecule has 2 N–H and O–H groups in total. The molecule has 32 heavy (non-hydrogen) atoms. The van der Waals surface area contributed by atoms with Gasteiger partial charge in [-0.1, -0.05) is 11.6 Å². The zero-order chi connectivity index (χ0) is 23.3. The number of hydrogen-bond donors (Lipinski definition) is 2. The number of nitrogens with one attached hydrogen (secondary N) is 2. The number of anilines is 1. The summed E-state index contributed by atoms with van der Waals surface area (Å²) < 4.78 is 49.4. The molecule has 174 valence electrons. The second-order valence-corrected chi connectivity index (χ2v) is 8.24. The highest BCUT2D eigenvalue weighted by atomic mass is 35.5. The molecule has 1 fully saturated rings. The number of amides is 1. The van der Waals surface area contributed by atoms with Crippen LogP contribution in [0.5, 0.6) is 11.5 Å². The van der Waals surface area contributed by atoms with Gasteiger partial charge in [-0.3, -0.25) is 4.79 Å². The number of benzene rings is 2. The molecule has 0 radical (unpaired) electrons. The van der Waals surface area contributed by atoms with Gasteiger partial charge in [-0.2, -0.15) is 13.2 Å². The Morgan fingerprint density at radius 3 is 2.34 bits per heavy atom. The van der Waals surface area contributed by atoms with Crippen LogP contribution in [-0.4, -0.2) is 32.7 Å². The molecule has 1 amide bonds. The molecule has 2 aromatic carbocycles. The Balaban J connectivity index is 1.50. The smallest absolute Gasteiger partial charge is 0.416 e. The third kappa shape index (κ3) is 6.00. The van der Waals surface area contributed by atoms with Crippen molar-refractivity contribution < 1.29 is 27.4 Å². The molecule has 2 aromatic rings. The Morgan fingerprint density at radius 2 is 1.72 bits per heavy atom. The molecule has 0 bridgehead atoms. The SMILES string of the molecule is COc1ccc(NCC2CCC(NC(=O)c3cc(C(F)(F)F)ccc3Cl)CC2)cc1OC. The minimum atomic E-state index is -4.53. The lowest BCUT2D eigenvalue weighted by atomic mass is 9.86. The molecule has 5 nitrogen and oxygen atoms in total. The summed E-state index contributed by atoms with van der Waals surface area (Å²) in [5, 5.41) is 6.24. The zero-order valence-electron chi connectivity index (χ0n) is 17.9. The summed E-state index contributed by atoms with van der Waals surface area (Å²) in [4.78, 5) is 12.5. The average molecular weight is 471 g/mol. The Bertz CT molecular complexity index is 945. The van der Waals surface area contributed by atoms with Crippen LogP contribution in [0, 0.1) is 5.92 Å². The molecule has 0 aromatic heterocycles. The first-order chi connectivity index (χ1) is 15.2. The molecule has 0 atom stereocenters. The fraction of sp³-hybridized carbons (Fsp3) is 0.435. The lowest BCUT2D eigenvalue weighted by Crippen LogP contribution is -2.38. The fourth-order valence-corrected chi connectivity index (χ4v) is 4.06. The van der Waals surface area contributed by atoms with Gasteiger partial charge in [0, 0.05) is 24.3 Å². The van der Waals surface area contributed by atoms with Gasteiger partial charge < -0.3 is 20.1 Å². The maximum absolute atomic E-state index is 12.9. The van der Waals surface area contributed by atoms with E-state index in [4.69, 9.17) is 21.1 Å². The average Bonchev–Trinajstić information content (AvgIpc) is 2.77. The van der Waals surface area contributed by atoms with Crippen LogP contribution < -0.4 is 20.1 Å². The third-order valence-corrected chi connectivity index (χ3v) is 6.03. The second-order valence-electron chi connectivity index (χ2n) is 7.83. The fourth-order valence-electron chi connectivity index (χ4n) is 3.86. The Kier molecular flexibility index (Phi) is 7.77. The summed E-state index contributed by atoms with van der Waals surface area (Å²) in [6, 6.07) is 8.33. The maximum Gasteiger partial charge on any atom is 0.416 e. The van der Waals surface area contributed by atoms with Crippen molar-refractivity contribution in [3.05, 3.63) is 52.5 Å². The van der Waals surface area contributed by atoms with Crippen LogP contribution in [0.2, 0.25) is 5.02 Å². The highest BCUT2D eigenvalue weighted by molar-refractivity contribution is 6.33. The molecule has 1 aliphatic carbocycles. The number of carbonyl (C=O) groups excluding carboxylic acids is 1. The van der Waals surface area contributed by atoms with Crippen molar-refractivity contribution in [1.29, 1.82) is 0 Å². The Labute approximate surface area is 190 Å². The number of halogens is 4. The van der Waals surface area contributed by atoms with Crippen molar-refractivity contribution in [2.24, 2.45) is 5.92 Å². The molecule has 0 aliphatic heterocycles. The first-order valence-electron chi connectivity index (χ1n) is 10.3. The van der Waals surface area contributed by atoms with Crippen molar-refractivity contribution in [3.63, 3.8) is 0 Å². The number of alkyl halides is 3. The monoisotopic (exact) mass is 470 g/mol. The number of rotatable bonds is 7. The molecule has 0 saturated heterocycles. The molecular formula is C23H26ClF3N2O3. The first kappa shape index (κ1) is 24.0. The standard InChI is InChI=1S/C23H26ClF3N2O3/c1-31-20-10-8-17(12-21(20)32-2)28-13-14-3-6-16(7-4-14)29-22(30)18-11-15(23(25,26)27)5-9-19(18)24/h5,8-12,14,16,28H,3-4,6-7,13H2,1-2H3,(H,29,30). The maximum atomic E-state index is 12.9. The van der Waals surface area contributed by atoms with Gasteiger partial charge in [0.25, 0.3) is 5.91 Å². The van der Waals surface area contributed by atoms with E-state index in [2.05, 4.69) is 10.6 Å². The van der Waals surface area contributed by atoms with E-state index in [9.17, 15) is 18.0 Å². The van der Waals surface area contributed by atoms with Gasteiger partial charge in [-0.05, 0) is 61.9 Å². The van der Waals surface area contributed by atoms with Gasteiger partial charge in [0.1, 0.15) is 0 Å². The van der Waals surface area contributed by atoms with E-state index >= 15 is 0 Å². The zero-order valence-corrected chi connectivity index (χ0v) is 18.6. The van der Waals surface area contributed by atoms with Crippen molar-refractivity contribution in [3.8, 4) is 11.5 Å². The summed E-state index contributed by atoms with van der Waals surface area (Å²) in [6.45, 7) is 0.773. The molecule has 9 heteroatoms. The Hall–Kier alpha value is -2.61. The van der Waals surface area contributed by atoms with Gasteiger partial charge in [0.05, 0.1) is 30.4 Å². The molecule has 0 spiro atoms. The Morgan fingerprint density at radius 1 is 1.03 bits per heavy atom. The topological polar surface area (TPSA) is 59.6 Å². The predicted molar refractivity (Wildman–Crippen MR) is 118 cm³/mol. The van der Waals surface area contributed by atoms with Gasteiger partial charge in [0.2, 0.25) is 0 Å². The molecule has 0 heterocycles. The first-order valence-corrected chi connectivity index (χ1v) is 10.7. The van der Waals surface area contributed by atoms with Crippen molar-refractivity contribution in [2.45, 2.75) is 37.9 Å². The van der Waals surface area contributed by atoms with Crippen molar-refractivity contribution in [1.82, 2.24) is 5.32 Å². The van der Waals surface area contributed by atoms with Gasteiger partial charge >= 0.3 is 6.18 Å². The van der Waals surface area contributed by atoms with Gasteiger partial charge in [-0.25, -0.2) is 0 Å². The number of carbonyl (C=O) groups is 1. The predicted octanol–water partition coefficient (Wildman–Crippen LogP) is 5.78. The van der Waals surface area contributed by atoms with E-state index < -0.39 is 17.6 Å². The summed E-state index contributed by atoms with van der Waals surface area (Å²) in [5.41, 5.74) is -0.118. The van der Waals surface area contributed by atoms with E-state index in [0.717, 1.165) is 56.1 Å². The largest absolute Gasteiger partial charge is 0.493 e. The van der Waals surface area contributed by atoms with Crippen LogP contribution in [-0.2, 0) is 6.18 Å². The number of ether oxygens (including phenoxy) is 2. The van der Waals surface area contributed by atoms with Crippen LogP contribution in [0.3, 0.4) is 0 Å². The molecule has 1 saturated carbocycles. The highest BCUT2D eigenvalue weighted by Crippen LogP contribution is 2.33. The molecular weight excluding hydrogens is 445 g/mol. The van der Waals surface area contributed by atoms with Crippen LogP contribution in [0.1, 0.15) is 41.6 Å². The summed E-state index contributed by atoms with van der Waals surface area (Å²) in [6.07, 6.45) is -1.25. The van der Waals surface area contributed by atoms with Crippen molar-refractivity contribution >= 4 is 23.2 Å². The molecule has 0 unspecified atom stereocenters. The van der Waals surface area contributed by atoms with E-state index in [1.807, 2.05) is 18.2 Å². The lowest BCUT2D eigenvalue weighted by molar-refractivity contribution is -0.137.